The first-order chi connectivity index (χ1) is 8.29. The average molecular weight is 235 g/mol. The van der Waals surface area contributed by atoms with Crippen molar-refractivity contribution in [2.75, 3.05) is 0 Å². The van der Waals surface area contributed by atoms with Gasteiger partial charge in [0, 0.05) is 18.9 Å². The van der Waals surface area contributed by atoms with Gasteiger partial charge < -0.3 is 9.67 Å². The first kappa shape index (κ1) is 12.7. The molecular formula is C15H25NO. The van der Waals surface area contributed by atoms with Crippen molar-refractivity contribution in [1.82, 2.24) is 4.57 Å². The number of aliphatic hydroxyl groups excluding tert-OH is 1. The Balaban J connectivity index is 1.80. The molecule has 1 aliphatic rings. The number of hydrogen-bond acceptors (Lipinski definition) is 1. The molecule has 0 bridgehead atoms. The Bertz CT molecular complexity index is 325. The van der Waals surface area contributed by atoms with Crippen LogP contribution in [0.3, 0.4) is 0 Å². The van der Waals surface area contributed by atoms with Crippen molar-refractivity contribution in [1.29, 1.82) is 0 Å². The zero-order valence-electron chi connectivity index (χ0n) is 10.9. The van der Waals surface area contributed by atoms with Crippen LogP contribution in [0.1, 0.15) is 63.5 Å². The van der Waals surface area contributed by atoms with E-state index >= 15 is 0 Å². The summed E-state index contributed by atoms with van der Waals surface area (Å²) in [5.41, 5.74) is 1.07. The molecule has 0 radical (unpaired) electrons. The monoisotopic (exact) mass is 235 g/mol. The van der Waals surface area contributed by atoms with Gasteiger partial charge in [0.1, 0.15) is 0 Å². The highest BCUT2D eigenvalue weighted by molar-refractivity contribution is 5.13. The van der Waals surface area contributed by atoms with Crippen LogP contribution in [0, 0.1) is 5.92 Å². The van der Waals surface area contributed by atoms with Gasteiger partial charge in [0.15, 0.2) is 0 Å². The molecule has 1 aliphatic carbocycles. The van der Waals surface area contributed by atoms with E-state index in [1.165, 1.54) is 38.5 Å². The number of hydrogen-bond donors (Lipinski definition) is 1. The highest BCUT2D eigenvalue weighted by Gasteiger charge is 2.13. The number of aryl methyl sites for hydroxylation is 1. The molecule has 0 saturated heterocycles. The summed E-state index contributed by atoms with van der Waals surface area (Å²) >= 11 is 0. The van der Waals surface area contributed by atoms with Crippen molar-refractivity contribution in [3.05, 3.63) is 24.0 Å². The molecule has 1 fully saturated rings. The van der Waals surface area contributed by atoms with Crippen LogP contribution in [0.25, 0.3) is 0 Å². The first-order valence-corrected chi connectivity index (χ1v) is 7.13. The molecule has 2 heteroatoms. The molecule has 2 nitrogen and oxygen atoms in total. The van der Waals surface area contributed by atoms with E-state index in [0.717, 1.165) is 24.4 Å². The zero-order valence-corrected chi connectivity index (χ0v) is 10.9. The molecule has 1 N–H and O–H groups in total. The molecule has 1 aromatic rings. The average Bonchev–Trinajstić information content (AvgIpc) is 2.85. The van der Waals surface area contributed by atoms with Gasteiger partial charge in [-0.25, -0.2) is 0 Å². The number of aromatic nitrogens is 1. The lowest BCUT2D eigenvalue weighted by atomic mass is 9.87. The largest absolute Gasteiger partial charge is 0.388 e. The predicted octanol–water partition coefficient (Wildman–Crippen LogP) is 3.90. The van der Waals surface area contributed by atoms with Gasteiger partial charge in [0.05, 0.1) is 6.10 Å². The van der Waals surface area contributed by atoms with Crippen molar-refractivity contribution in [2.45, 2.75) is 64.5 Å². The second-order valence-corrected chi connectivity index (χ2v) is 5.40. The standard InChI is InChI=1S/C15H25NO/c1-2-15(17)14-9-11-16(12-14)10-8-13-6-4-3-5-7-13/h9,11-13,15,17H,2-8,10H2,1H3. The molecule has 0 amide bonds. The molecule has 0 aromatic carbocycles. The SMILES string of the molecule is CCC(O)c1ccn(CCC2CCCCC2)c1. The highest BCUT2D eigenvalue weighted by Crippen LogP contribution is 2.27. The van der Waals surface area contributed by atoms with Crippen molar-refractivity contribution in [3.8, 4) is 0 Å². The maximum atomic E-state index is 9.75. The summed E-state index contributed by atoms with van der Waals surface area (Å²) in [6, 6.07) is 2.05. The normalized spacial score (nSPS) is 19.4. The third kappa shape index (κ3) is 3.60. The van der Waals surface area contributed by atoms with E-state index in [4.69, 9.17) is 0 Å². The third-order valence-corrected chi connectivity index (χ3v) is 4.07. The van der Waals surface area contributed by atoms with E-state index < -0.39 is 0 Å². The van der Waals surface area contributed by atoms with Gasteiger partial charge in [-0.1, -0.05) is 39.0 Å². The van der Waals surface area contributed by atoms with Crippen molar-refractivity contribution < 1.29 is 5.11 Å². The lowest BCUT2D eigenvalue weighted by molar-refractivity contribution is 0.173. The summed E-state index contributed by atoms with van der Waals surface area (Å²) in [5.74, 6) is 0.936. The molecule has 1 atom stereocenters. The van der Waals surface area contributed by atoms with Gasteiger partial charge in [-0.2, -0.15) is 0 Å². The Hall–Kier alpha value is -0.760. The third-order valence-electron chi connectivity index (χ3n) is 4.07. The summed E-state index contributed by atoms with van der Waals surface area (Å²) in [4.78, 5) is 0. The summed E-state index contributed by atoms with van der Waals surface area (Å²) in [5, 5.41) is 9.75. The van der Waals surface area contributed by atoms with Crippen LogP contribution in [0.2, 0.25) is 0 Å². The van der Waals surface area contributed by atoms with Gasteiger partial charge in [-0.05, 0) is 30.4 Å². The molecule has 0 spiro atoms. The van der Waals surface area contributed by atoms with Gasteiger partial charge in [-0.3, -0.25) is 0 Å². The molecule has 0 aliphatic heterocycles. The molecule has 17 heavy (non-hydrogen) atoms. The van der Waals surface area contributed by atoms with Crippen molar-refractivity contribution in [2.24, 2.45) is 5.92 Å². The summed E-state index contributed by atoms with van der Waals surface area (Å²) < 4.78 is 2.24. The fourth-order valence-electron chi connectivity index (χ4n) is 2.84. The quantitative estimate of drug-likeness (QED) is 0.822. The molecule has 2 rings (SSSR count). The molecular weight excluding hydrogens is 210 g/mol. The fourth-order valence-corrected chi connectivity index (χ4v) is 2.84. The molecule has 1 unspecified atom stereocenters. The van der Waals surface area contributed by atoms with E-state index in [9.17, 15) is 5.11 Å². The minimum Gasteiger partial charge on any atom is -0.388 e. The Morgan fingerprint density at radius 2 is 2.12 bits per heavy atom. The van der Waals surface area contributed by atoms with E-state index in [2.05, 4.69) is 23.0 Å². The summed E-state index contributed by atoms with van der Waals surface area (Å²) in [6.45, 7) is 3.13. The van der Waals surface area contributed by atoms with Crippen LogP contribution in [-0.2, 0) is 6.54 Å². The molecule has 1 aromatic heterocycles. The molecule has 1 saturated carbocycles. The smallest absolute Gasteiger partial charge is 0.0802 e. The minimum absolute atomic E-state index is 0.286. The van der Waals surface area contributed by atoms with Gasteiger partial charge in [0.25, 0.3) is 0 Å². The van der Waals surface area contributed by atoms with Gasteiger partial charge in [-0.15, -0.1) is 0 Å². The van der Waals surface area contributed by atoms with E-state index in [-0.39, 0.29) is 6.10 Å². The summed E-state index contributed by atoms with van der Waals surface area (Å²) in [6.07, 6.45) is 13.2. The zero-order chi connectivity index (χ0) is 12.1. The second kappa shape index (κ2) is 6.25. The Kier molecular flexibility index (Phi) is 4.66. The van der Waals surface area contributed by atoms with E-state index in [0.29, 0.717) is 0 Å². The van der Waals surface area contributed by atoms with Crippen molar-refractivity contribution >= 4 is 0 Å². The van der Waals surface area contributed by atoms with Crippen LogP contribution < -0.4 is 0 Å². The highest BCUT2D eigenvalue weighted by atomic mass is 16.3. The topological polar surface area (TPSA) is 25.2 Å². The minimum atomic E-state index is -0.286. The van der Waals surface area contributed by atoms with Crippen LogP contribution in [-0.4, -0.2) is 9.67 Å². The van der Waals surface area contributed by atoms with Crippen LogP contribution in [0.5, 0.6) is 0 Å². The fraction of sp³-hybridized carbons (Fsp3) is 0.733. The van der Waals surface area contributed by atoms with Crippen LogP contribution in [0.4, 0.5) is 0 Å². The number of aliphatic hydroxyl groups is 1. The van der Waals surface area contributed by atoms with Gasteiger partial charge >= 0.3 is 0 Å². The maximum Gasteiger partial charge on any atom is 0.0802 e. The second-order valence-electron chi connectivity index (χ2n) is 5.40. The first-order valence-electron chi connectivity index (χ1n) is 7.13. The predicted molar refractivity (Wildman–Crippen MR) is 70.9 cm³/mol. The number of rotatable bonds is 5. The van der Waals surface area contributed by atoms with Crippen LogP contribution >= 0.6 is 0 Å². The van der Waals surface area contributed by atoms with E-state index in [1.54, 1.807) is 0 Å². The van der Waals surface area contributed by atoms with Crippen LogP contribution in [0.15, 0.2) is 18.5 Å². The number of nitrogens with zero attached hydrogens (tertiary/aromatic N) is 1. The summed E-state index contributed by atoms with van der Waals surface area (Å²) in [7, 11) is 0. The maximum absolute atomic E-state index is 9.75. The molecule has 96 valence electrons. The van der Waals surface area contributed by atoms with Gasteiger partial charge in [0.2, 0.25) is 0 Å². The van der Waals surface area contributed by atoms with E-state index in [1.807, 2.05) is 6.92 Å². The van der Waals surface area contributed by atoms with Crippen molar-refractivity contribution in [3.63, 3.8) is 0 Å². The lowest BCUT2D eigenvalue weighted by Crippen LogP contribution is -2.09. The lowest BCUT2D eigenvalue weighted by Gasteiger charge is -2.21. The Labute approximate surface area is 105 Å². The Morgan fingerprint density at radius 1 is 1.35 bits per heavy atom. The molecule has 1 heterocycles. The Morgan fingerprint density at radius 3 is 2.82 bits per heavy atom.